The summed E-state index contributed by atoms with van der Waals surface area (Å²) in [4.78, 5) is 2.08. The molecule has 1 aromatic rings. The Hall–Kier alpha value is -1.07. The second-order valence-electron chi connectivity index (χ2n) is 6.26. The van der Waals surface area contributed by atoms with Crippen LogP contribution in [0.1, 0.15) is 39.0 Å². The molecule has 0 aliphatic rings. The lowest BCUT2D eigenvalue weighted by Crippen LogP contribution is -2.37. The third kappa shape index (κ3) is 3.94. The van der Waals surface area contributed by atoms with E-state index in [1.807, 2.05) is 32.6 Å². The van der Waals surface area contributed by atoms with E-state index in [4.69, 9.17) is 0 Å². The summed E-state index contributed by atoms with van der Waals surface area (Å²) in [7, 11) is 3.95. The van der Waals surface area contributed by atoms with E-state index in [2.05, 4.69) is 36.1 Å². The number of aliphatic hydroxyl groups excluding tert-OH is 1. The Labute approximate surface area is 116 Å². The van der Waals surface area contributed by atoms with E-state index < -0.39 is 0 Å². The zero-order valence-electron chi connectivity index (χ0n) is 13.3. The van der Waals surface area contributed by atoms with Gasteiger partial charge in [0.15, 0.2) is 0 Å². The minimum absolute atomic E-state index is 0.0702. The molecular formula is C14H28N4O. The predicted octanol–water partition coefficient (Wildman–Crippen LogP) is 1.43. The van der Waals surface area contributed by atoms with E-state index in [0.717, 1.165) is 18.1 Å². The zero-order chi connectivity index (χ0) is 14.8. The standard InChI is InChI=1S/C14H28N4O/c1-10(9-19)17(6)13-12(8-15-14(3,4)5)11(2)16-18(13)7/h10,15,19H,8-9H2,1-7H3. The average molecular weight is 268 g/mol. The number of aryl methyl sites for hydroxylation is 2. The topological polar surface area (TPSA) is 53.3 Å². The molecule has 110 valence electrons. The van der Waals surface area contributed by atoms with E-state index in [-0.39, 0.29) is 18.2 Å². The number of aliphatic hydroxyl groups is 1. The van der Waals surface area contributed by atoms with Crippen molar-refractivity contribution in [1.29, 1.82) is 0 Å². The average Bonchev–Trinajstić information content (AvgIpc) is 2.58. The lowest BCUT2D eigenvalue weighted by Gasteiger charge is -2.27. The van der Waals surface area contributed by atoms with E-state index in [1.165, 1.54) is 5.56 Å². The quantitative estimate of drug-likeness (QED) is 0.848. The fourth-order valence-electron chi connectivity index (χ4n) is 2.02. The summed E-state index contributed by atoms with van der Waals surface area (Å²) < 4.78 is 1.89. The minimum atomic E-state index is 0.0702. The predicted molar refractivity (Wildman–Crippen MR) is 79.5 cm³/mol. The summed E-state index contributed by atoms with van der Waals surface area (Å²) in [5.74, 6) is 1.07. The number of anilines is 1. The van der Waals surface area contributed by atoms with Crippen molar-refractivity contribution in [2.24, 2.45) is 7.05 Å². The van der Waals surface area contributed by atoms with Crippen LogP contribution in [0.15, 0.2) is 0 Å². The Morgan fingerprint density at radius 1 is 1.42 bits per heavy atom. The normalized spacial score (nSPS) is 13.7. The van der Waals surface area contributed by atoms with Crippen LogP contribution in [0.2, 0.25) is 0 Å². The van der Waals surface area contributed by atoms with Gasteiger partial charge in [0.2, 0.25) is 0 Å². The van der Waals surface area contributed by atoms with Crippen LogP contribution in [0.4, 0.5) is 5.82 Å². The van der Waals surface area contributed by atoms with E-state index >= 15 is 0 Å². The monoisotopic (exact) mass is 268 g/mol. The zero-order valence-corrected chi connectivity index (χ0v) is 13.3. The van der Waals surface area contributed by atoms with Gasteiger partial charge in [0.25, 0.3) is 0 Å². The van der Waals surface area contributed by atoms with Gasteiger partial charge in [-0.1, -0.05) is 0 Å². The SMILES string of the molecule is Cc1nn(C)c(N(C)C(C)CO)c1CNC(C)(C)C. The molecule has 5 nitrogen and oxygen atoms in total. The summed E-state index contributed by atoms with van der Waals surface area (Å²) in [6, 6.07) is 0.0724. The highest BCUT2D eigenvalue weighted by atomic mass is 16.3. The molecule has 1 rings (SSSR count). The van der Waals surface area contributed by atoms with Gasteiger partial charge in [0, 0.05) is 31.7 Å². The molecule has 0 radical (unpaired) electrons. The first kappa shape index (κ1) is 16.0. The maximum atomic E-state index is 9.33. The molecule has 19 heavy (non-hydrogen) atoms. The highest BCUT2D eigenvalue weighted by molar-refractivity contribution is 5.50. The van der Waals surface area contributed by atoms with Gasteiger partial charge in [-0.05, 0) is 34.6 Å². The van der Waals surface area contributed by atoms with Crippen LogP contribution in [0.3, 0.4) is 0 Å². The van der Waals surface area contributed by atoms with Gasteiger partial charge in [-0.15, -0.1) is 0 Å². The van der Waals surface area contributed by atoms with Crippen molar-refractivity contribution >= 4 is 5.82 Å². The fraction of sp³-hybridized carbons (Fsp3) is 0.786. The van der Waals surface area contributed by atoms with Crippen molar-refractivity contribution in [3.63, 3.8) is 0 Å². The Kier molecular flexibility index (Phi) is 4.98. The third-order valence-electron chi connectivity index (χ3n) is 3.37. The summed E-state index contributed by atoms with van der Waals surface area (Å²) in [6.07, 6.45) is 0. The fourth-order valence-corrected chi connectivity index (χ4v) is 2.02. The first-order valence-corrected chi connectivity index (χ1v) is 6.78. The number of aromatic nitrogens is 2. The second-order valence-corrected chi connectivity index (χ2v) is 6.26. The maximum Gasteiger partial charge on any atom is 0.131 e. The molecule has 1 atom stereocenters. The van der Waals surface area contributed by atoms with Crippen molar-refractivity contribution in [2.45, 2.75) is 52.7 Å². The van der Waals surface area contributed by atoms with Crippen molar-refractivity contribution in [3.05, 3.63) is 11.3 Å². The van der Waals surface area contributed by atoms with Gasteiger partial charge < -0.3 is 15.3 Å². The van der Waals surface area contributed by atoms with Crippen molar-refractivity contribution in [3.8, 4) is 0 Å². The Morgan fingerprint density at radius 2 is 2.00 bits per heavy atom. The van der Waals surface area contributed by atoms with Gasteiger partial charge in [-0.2, -0.15) is 5.10 Å². The molecular weight excluding hydrogens is 240 g/mol. The van der Waals surface area contributed by atoms with Crippen LogP contribution < -0.4 is 10.2 Å². The molecule has 1 aromatic heterocycles. The highest BCUT2D eigenvalue weighted by Gasteiger charge is 2.21. The molecule has 1 heterocycles. The van der Waals surface area contributed by atoms with E-state index in [9.17, 15) is 5.11 Å². The van der Waals surface area contributed by atoms with Crippen molar-refractivity contribution in [1.82, 2.24) is 15.1 Å². The second kappa shape index (κ2) is 5.92. The van der Waals surface area contributed by atoms with Crippen molar-refractivity contribution in [2.75, 3.05) is 18.6 Å². The first-order valence-electron chi connectivity index (χ1n) is 6.78. The van der Waals surface area contributed by atoms with Gasteiger partial charge in [0.1, 0.15) is 5.82 Å². The molecule has 0 aliphatic heterocycles. The van der Waals surface area contributed by atoms with Gasteiger partial charge in [-0.25, -0.2) is 0 Å². The van der Waals surface area contributed by atoms with Gasteiger partial charge in [-0.3, -0.25) is 4.68 Å². The van der Waals surface area contributed by atoms with E-state index in [0.29, 0.717) is 0 Å². The molecule has 0 spiro atoms. The number of rotatable bonds is 5. The molecule has 0 aliphatic carbocycles. The Bertz CT molecular complexity index is 420. The molecule has 5 heteroatoms. The van der Waals surface area contributed by atoms with Crippen LogP contribution in [0.25, 0.3) is 0 Å². The number of likely N-dealkylation sites (N-methyl/N-ethyl adjacent to an activating group) is 1. The Balaban J connectivity index is 3.03. The molecule has 0 saturated carbocycles. The number of hydrogen-bond acceptors (Lipinski definition) is 4. The lowest BCUT2D eigenvalue weighted by atomic mass is 10.1. The van der Waals surface area contributed by atoms with Crippen LogP contribution in [0, 0.1) is 6.92 Å². The highest BCUT2D eigenvalue weighted by Crippen LogP contribution is 2.24. The summed E-state index contributed by atoms with van der Waals surface area (Å²) >= 11 is 0. The van der Waals surface area contributed by atoms with Crippen molar-refractivity contribution < 1.29 is 5.11 Å². The van der Waals surface area contributed by atoms with Gasteiger partial charge >= 0.3 is 0 Å². The lowest BCUT2D eigenvalue weighted by molar-refractivity contribution is 0.269. The largest absolute Gasteiger partial charge is 0.394 e. The molecule has 0 amide bonds. The molecule has 2 N–H and O–H groups in total. The molecule has 1 unspecified atom stereocenters. The maximum absolute atomic E-state index is 9.33. The third-order valence-corrected chi connectivity index (χ3v) is 3.37. The number of nitrogens with one attached hydrogen (secondary N) is 1. The van der Waals surface area contributed by atoms with Crippen LogP contribution >= 0.6 is 0 Å². The summed E-state index contributed by atoms with van der Waals surface area (Å²) in [6.45, 7) is 11.4. The molecule has 0 saturated heterocycles. The summed E-state index contributed by atoms with van der Waals surface area (Å²) in [5.41, 5.74) is 2.30. The smallest absolute Gasteiger partial charge is 0.131 e. The first-order chi connectivity index (χ1) is 8.67. The van der Waals surface area contributed by atoms with Crippen LogP contribution in [-0.4, -0.2) is 40.1 Å². The molecule has 0 aromatic carbocycles. The van der Waals surface area contributed by atoms with Crippen LogP contribution in [0.5, 0.6) is 0 Å². The van der Waals surface area contributed by atoms with Crippen LogP contribution in [-0.2, 0) is 13.6 Å². The molecule has 0 fully saturated rings. The number of nitrogens with zero attached hydrogens (tertiary/aromatic N) is 3. The van der Waals surface area contributed by atoms with Gasteiger partial charge in [0.05, 0.1) is 18.3 Å². The number of hydrogen-bond donors (Lipinski definition) is 2. The van der Waals surface area contributed by atoms with E-state index in [1.54, 1.807) is 0 Å². The Morgan fingerprint density at radius 3 is 2.47 bits per heavy atom. The molecule has 0 bridgehead atoms. The summed E-state index contributed by atoms with van der Waals surface area (Å²) in [5, 5.41) is 17.3. The minimum Gasteiger partial charge on any atom is -0.394 e.